The highest BCUT2D eigenvalue weighted by Gasteiger charge is 2.19. The molecule has 0 aliphatic heterocycles. The van der Waals surface area contributed by atoms with Crippen LogP contribution >= 0.6 is 0 Å². The molecule has 0 fully saturated rings. The van der Waals surface area contributed by atoms with E-state index in [1.54, 1.807) is 37.3 Å². The summed E-state index contributed by atoms with van der Waals surface area (Å²) in [5, 5.41) is 9.27. The van der Waals surface area contributed by atoms with Crippen LogP contribution in [0.5, 0.6) is 11.5 Å². The van der Waals surface area contributed by atoms with Gasteiger partial charge in [-0.25, -0.2) is 4.98 Å². The first-order valence-corrected chi connectivity index (χ1v) is 8.47. The van der Waals surface area contributed by atoms with Gasteiger partial charge in [-0.3, -0.25) is 4.79 Å². The number of hydrogen-bond donors (Lipinski definition) is 1. The van der Waals surface area contributed by atoms with Gasteiger partial charge in [0, 0.05) is 11.1 Å². The van der Waals surface area contributed by atoms with Crippen LogP contribution in [-0.2, 0) is 4.79 Å². The summed E-state index contributed by atoms with van der Waals surface area (Å²) < 4.78 is 41.4. The number of para-hydroxylation sites is 3. The van der Waals surface area contributed by atoms with Crippen LogP contribution in [0.25, 0.3) is 22.7 Å². The third kappa shape index (κ3) is 4.46. The zero-order valence-electron chi connectivity index (χ0n) is 14.9. The van der Waals surface area contributed by atoms with Crippen LogP contribution in [0.1, 0.15) is 24.8 Å². The number of nitrogens with zero attached hydrogens (tertiary/aromatic N) is 1. The normalized spacial score (nSPS) is 11.8. The van der Waals surface area contributed by atoms with Gasteiger partial charge in [-0.2, -0.15) is 8.78 Å². The van der Waals surface area contributed by atoms with Crippen LogP contribution < -0.4 is 9.47 Å². The fourth-order valence-corrected chi connectivity index (χ4v) is 2.68. The second-order valence-electron chi connectivity index (χ2n) is 5.71. The summed E-state index contributed by atoms with van der Waals surface area (Å²) in [6, 6.07) is 11.6. The molecule has 0 aliphatic rings. The average Bonchev–Trinajstić information content (AvgIpc) is 3.07. The van der Waals surface area contributed by atoms with Gasteiger partial charge in [0.05, 0.1) is 13.0 Å². The van der Waals surface area contributed by atoms with Gasteiger partial charge in [0.2, 0.25) is 5.89 Å². The Morgan fingerprint density at radius 2 is 2.04 bits per heavy atom. The number of fused-ring (bicyclic) bond motifs is 1. The van der Waals surface area contributed by atoms with Crippen LogP contribution in [0.2, 0.25) is 0 Å². The number of carboxylic acids is 1. The van der Waals surface area contributed by atoms with Crippen molar-refractivity contribution in [2.24, 2.45) is 0 Å². The van der Waals surface area contributed by atoms with Crippen LogP contribution in [0, 0.1) is 0 Å². The molecule has 8 heteroatoms. The molecule has 0 spiro atoms. The molecule has 0 saturated heterocycles. The van der Waals surface area contributed by atoms with Gasteiger partial charge in [0.1, 0.15) is 5.52 Å². The molecule has 1 aromatic heterocycles. The number of oxazole rings is 1. The van der Waals surface area contributed by atoms with E-state index in [9.17, 15) is 18.7 Å². The van der Waals surface area contributed by atoms with Crippen molar-refractivity contribution in [3.63, 3.8) is 0 Å². The van der Waals surface area contributed by atoms with Crippen molar-refractivity contribution in [1.82, 2.24) is 4.98 Å². The molecule has 0 unspecified atom stereocenters. The lowest BCUT2D eigenvalue weighted by Gasteiger charge is -2.14. The number of halogens is 2. The number of carboxylic acid groups (broad SMARTS) is 1. The topological polar surface area (TPSA) is 81.8 Å². The van der Waals surface area contributed by atoms with Gasteiger partial charge < -0.3 is 19.0 Å². The molecular formula is C20H17F2NO5. The van der Waals surface area contributed by atoms with Crippen molar-refractivity contribution in [2.75, 3.05) is 6.61 Å². The maximum atomic E-state index is 12.9. The third-order valence-electron chi connectivity index (χ3n) is 3.76. The number of aromatic nitrogens is 1. The van der Waals surface area contributed by atoms with Crippen molar-refractivity contribution in [3.05, 3.63) is 53.9 Å². The van der Waals surface area contributed by atoms with E-state index in [1.807, 2.05) is 0 Å². The molecule has 1 N–H and O–H groups in total. The standard InChI is InChI=1S/C20H17F2NO5/c1-2-26-16-9-5-6-12(18(16)28-20(21)22)10-13(11-17(24)25)19-23-14-7-3-4-8-15(14)27-19/h3-10,20H,2,11H2,1H3,(H,24,25)/b13-10+. The van der Waals surface area contributed by atoms with E-state index in [0.717, 1.165) is 0 Å². The lowest BCUT2D eigenvalue weighted by atomic mass is 10.1. The van der Waals surface area contributed by atoms with E-state index < -0.39 is 19.0 Å². The number of aliphatic carboxylic acids is 1. The Labute approximate surface area is 159 Å². The molecular weight excluding hydrogens is 372 g/mol. The smallest absolute Gasteiger partial charge is 0.387 e. The highest BCUT2D eigenvalue weighted by Crippen LogP contribution is 2.36. The van der Waals surface area contributed by atoms with E-state index in [1.165, 1.54) is 18.2 Å². The van der Waals surface area contributed by atoms with Crippen LogP contribution in [0.4, 0.5) is 8.78 Å². The highest BCUT2D eigenvalue weighted by molar-refractivity contribution is 5.92. The Bertz CT molecular complexity index is 980. The summed E-state index contributed by atoms with van der Waals surface area (Å²) >= 11 is 0. The number of rotatable bonds is 8. The largest absolute Gasteiger partial charge is 0.490 e. The Kier molecular flexibility index (Phi) is 5.88. The summed E-state index contributed by atoms with van der Waals surface area (Å²) in [7, 11) is 0. The second kappa shape index (κ2) is 8.51. The molecule has 3 aromatic rings. The minimum absolute atomic E-state index is 0.0911. The van der Waals surface area contributed by atoms with Crippen LogP contribution in [-0.4, -0.2) is 29.3 Å². The predicted octanol–water partition coefficient (Wildman–Crippen LogP) is 4.84. The third-order valence-corrected chi connectivity index (χ3v) is 3.76. The van der Waals surface area contributed by atoms with E-state index in [-0.39, 0.29) is 35.1 Å². The maximum Gasteiger partial charge on any atom is 0.387 e. The number of benzene rings is 2. The quantitative estimate of drug-likeness (QED) is 0.593. The van der Waals surface area contributed by atoms with E-state index >= 15 is 0 Å². The Balaban J connectivity index is 2.12. The molecule has 1 heterocycles. The maximum absolute atomic E-state index is 12.9. The van der Waals surface area contributed by atoms with Crippen molar-refractivity contribution in [3.8, 4) is 11.5 Å². The molecule has 0 amide bonds. The molecule has 146 valence electrons. The SMILES string of the molecule is CCOc1cccc(/C=C(\CC(=O)O)c2nc3ccccc3o2)c1OC(F)F. The molecule has 2 aromatic carbocycles. The summed E-state index contributed by atoms with van der Waals surface area (Å²) in [6.07, 6.45) is 0.985. The van der Waals surface area contributed by atoms with Crippen LogP contribution in [0.3, 0.4) is 0 Å². The first-order valence-electron chi connectivity index (χ1n) is 8.47. The number of hydrogen-bond acceptors (Lipinski definition) is 5. The molecule has 0 radical (unpaired) electrons. The van der Waals surface area contributed by atoms with Gasteiger partial charge in [0.25, 0.3) is 0 Å². The lowest BCUT2D eigenvalue weighted by molar-refractivity contribution is -0.135. The molecule has 0 aliphatic carbocycles. The lowest BCUT2D eigenvalue weighted by Crippen LogP contribution is -2.06. The number of alkyl halides is 2. The summed E-state index contributed by atoms with van der Waals surface area (Å²) in [4.78, 5) is 15.6. The molecule has 3 rings (SSSR count). The molecule has 6 nitrogen and oxygen atoms in total. The van der Waals surface area contributed by atoms with Crippen LogP contribution in [0.15, 0.2) is 46.9 Å². The van der Waals surface area contributed by atoms with Gasteiger partial charge in [-0.1, -0.05) is 24.3 Å². The van der Waals surface area contributed by atoms with E-state index in [2.05, 4.69) is 9.72 Å². The predicted molar refractivity (Wildman–Crippen MR) is 98.4 cm³/mol. The number of ether oxygens (including phenoxy) is 2. The second-order valence-corrected chi connectivity index (χ2v) is 5.71. The van der Waals surface area contributed by atoms with Crippen molar-refractivity contribution in [2.45, 2.75) is 20.0 Å². The molecule has 0 bridgehead atoms. The zero-order valence-corrected chi connectivity index (χ0v) is 14.9. The summed E-state index contributed by atoms with van der Waals surface area (Å²) in [5.74, 6) is -1.08. The van der Waals surface area contributed by atoms with Gasteiger partial charge in [0.15, 0.2) is 17.1 Å². The minimum Gasteiger partial charge on any atom is -0.490 e. The van der Waals surface area contributed by atoms with Gasteiger partial charge in [-0.15, -0.1) is 0 Å². The Morgan fingerprint density at radius 1 is 1.25 bits per heavy atom. The van der Waals surface area contributed by atoms with E-state index in [0.29, 0.717) is 11.1 Å². The summed E-state index contributed by atoms with van der Waals surface area (Å²) in [5.41, 5.74) is 1.48. The van der Waals surface area contributed by atoms with E-state index in [4.69, 9.17) is 9.15 Å². The zero-order chi connectivity index (χ0) is 20.1. The first kappa shape index (κ1) is 19.3. The molecule has 0 saturated carbocycles. The molecule has 28 heavy (non-hydrogen) atoms. The highest BCUT2D eigenvalue weighted by atomic mass is 19.3. The Hall–Kier alpha value is -3.42. The Morgan fingerprint density at radius 3 is 2.71 bits per heavy atom. The monoisotopic (exact) mass is 389 g/mol. The van der Waals surface area contributed by atoms with Gasteiger partial charge >= 0.3 is 12.6 Å². The van der Waals surface area contributed by atoms with Crippen molar-refractivity contribution >= 4 is 28.7 Å². The van der Waals surface area contributed by atoms with Crippen molar-refractivity contribution < 1.29 is 32.6 Å². The average molecular weight is 389 g/mol. The fraction of sp³-hybridized carbons (Fsp3) is 0.200. The molecule has 0 atom stereocenters. The number of carbonyl (C=O) groups is 1. The first-order chi connectivity index (χ1) is 13.5. The summed E-state index contributed by atoms with van der Waals surface area (Å²) in [6.45, 7) is -1.11. The van der Waals surface area contributed by atoms with Gasteiger partial charge in [-0.05, 0) is 31.2 Å². The minimum atomic E-state index is -3.07. The fourth-order valence-electron chi connectivity index (χ4n) is 2.68. The van der Waals surface area contributed by atoms with Crippen molar-refractivity contribution in [1.29, 1.82) is 0 Å².